The zero-order chi connectivity index (χ0) is 18.2. The van der Waals surface area contributed by atoms with E-state index in [2.05, 4.69) is 10.6 Å². The van der Waals surface area contributed by atoms with Crippen molar-refractivity contribution in [2.24, 2.45) is 0 Å². The summed E-state index contributed by atoms with van der Waals surface area (Å²) >= 11 is 0. The number of carbonyl (C=O) groups is 1. The van der Waals surface area contributed by atoms with Gasteiger partial charge in [-0.15, -0.1) is 0 Å². The van der Waals surface area contributed by atoms with Crippen LogP contribution in [0.5, 0.6) is 0 Å². The summed E-state index contributed by atoms with van der Waals surface area (Å²) in [5.41, 5.74) is 2.17. The topological polar surface area (TPSA) is 61.4 Å². The van der Waals surface area contributed by atoms with Crippen molar-refractivity contribution >= 4 is 11.6 Å². The molecule has 0 saturated heterocycles. The second-order valence-electron chi connectivity index (χ2n) is 6.11. The highest BCUT2D eigenvalue weighted by molar-refractivity contribution is 5.91. The van der Waals surface area contributed by atoms with Crippen molar-refractivity contribution in [3.8, 4) is 0 Å². The number of carbonyl (C=O) groups excluding carboxylic acids is 1. The largest absolute Gasteiger partial charge is 0.387 e. The molecule has 0 bridgehead atoms. The number of rotatable bonds is 8. The van der Waals surface area contributed by atoms with Gasteiger partial charge < -0.3 is 15.7 Å². The molecular weight excluding hydrogens is 319 g/mol. The molecule has 4 nitrogen and oxygen atoms in total. The summed E-state index contributed by atoms with van der Waals surface area (Å²) in [5, 5.41) is 16.1. The number of nitrogens with one attached hydrogen (secondary N) is 2. The molecule has 0 unspecified atom stereocenters. The van der Waals surface area contributed by atoms with Crippen LogP contribution < -0.4 is 10.6 Å². The Hall–Kier alpha value is -2.24. The van der Waals surface area contributed by atoms with Crippen LogP contribution in [0.3, 0.4) is 0 Å². The Morgan fingerprint density at radius 1 is 1.16 bits per heavy atom. The monoisotopic (exact) mass is 344 g/mol. The molecule has 2 aromatic carbocycles. The molecule has 1 amide bonds. The van der Waals surface area contributed by atoms with Crippen LogP contribution in [0.1, 0.15) is 37.5 Å². The Morgan fingerprint density at radius 2 is 1.84 bits per heavy atom. The van der Waals surface area contributed by atoms with Crippen molar-refractivity contribution in [2.75, 3.05) is 11.9 Å². The molecule has 2 atom stereocenters. The van der Waals surface area contributed by atoms with Crippen molar-refractivity contribution in [1.29, 1.82) is 0 Å². The summed E-state index contributed by atoms with van der Waals surface area (Å²) in [5.74, 6) is -0.528. The highest BCUT2D eigenvalue weighted by atomic mass is 19.1. The number of hydrogen-bond acceptors (Lipinski definition) is 3. The van der Waals surface area contributed by atoms with Crippen LogP contribution in [0.15, 0.2) is 48.5 Å². The van der Waals surface area contributed by atoms with Crippen molar-refractivity contribution in [1.82, 2.24) is 5.32 Å². The molecule has 2 rings (SSSR count). The first kappa shape index (κ1) is 19.1. The van der Waals surface area contributed by atoms with Gasteiger partial charge in [-0.1, -0.05) is 43.3 Å². The number of hydrogen-bond donors (Lipinski definition) is 3. The number of para-hydroxylation sites is 1. The van der Waals surface area contributed by atoms with Gasteiger partial charge in [0.15, 0.2) is 0 Å². The molecule has 0 fully saturated rings. The first-order valence-electron chi connectivity index (χ1n) is 8.54. The molecule has 0 saturated carbocycles. The van der Waals surface area contributed by atoms with Gasteiger partial charge >= 0.3 is 0 Å². The average molecular weight is 344 g/mol. The van der Waals surface area contributed by atoms with Crippen LogP contribution in [0.4, 0.5) is 10.1 Å². The molecule has 0 spiro atoms. The fourth-order valence-corrected chi connectivity index (χ4v) is 2.67. The second kappa shape index (κ2) is 9.30. The van der Waals surface area contributed by atoms with Gasteiger partial charge in [0.25, 0.3) is 0 Å². The Labute approximate surface area is 148 Å². The molecular formula is C20H25FN2O2. The lowest BCUT2D eigenvalue weighted by Crippen LogP contribution is -2.34. The summed E-state index contributed by atoms with van der Waals surface area (Å²) in [6, 6.07) is 13.7. The van der Waals surface area contributed by atoms with Crippen LogP contribution >= 0.6 is 0 Å². The number of aliphatic hydroxyl groups excluding tert-OH is 1. The number of benzene rings is 2. The van der Waals surface area contributed by atoms with E-state index in [1.54, 1.807) is 18.2 Å². The fraction of sp³-hybridized carbons (Fsp3) is 0.350. The minimum Gasteiger partial charge on any atom is -0.387 e. The fourth-order valence-electron chi connectivity index (χ4n) is 2.67. The van der Waals surface area contributed by atoms with E-state index in [0.717, 1.165) is 17.7 Å². The third-order valence-electron chi connectivity index (χ3n) is 4.09. The Balaban J connectivity index is 1.82. The quantitative estimate of drug-likeness (QED) is 0.687. The number of amides is 1. The minimum atomic E-state index is -0.951. The average Bonchev–Trinajstić information content (AvgIpc) is 2.60. The van der Waals surface area contributed by atoms with Gasteiger partial charge in [0.05, 0.1) is 6.10 Å². The van der Waals surface area contributed by atoms with E-state index in [1.165, 1.54) is 6.07 Å². The minimum absolute atomic E-state index is 0.0960. The molecule has 134 valence electrons. The van der Waals surface area contributed by atoms with E-state index in [9.17, 15) is 14.3 Å². The van der Waals surface area contributed by atoms with E-state index in [1.807, 2.05) is 38.1 Å². The van der Waals surface area contributed by atoms with Crippen LogP contribution in [-0.4, -0.2) is 23.6 Å². The molecule has 0 aromatic heterocycles. The Kier molecular flexibility index (Phi) is 7.10. The SMILES string of the molecule is CCc1ccccc1NC(=O)C[C@@H](C)NC[C@H](O)c1ccccc1F. The van der Waals surface area contributed by atoms with E-state index < -0.39 is 11.9 Å². The molecule has 0 heterocycles. The third kappa shape index (κ3) is 5.66. The number of halogens is 1. The Morgan fingerprint density at radius 3 is 2.56 bits per heavy atom. The lowest BCUT2D eigenvalue weighted by Gasteiger charge is -2.18. The number of aryl methyl sites for hydroxylation is 1. The van der Waals surface area contributed by atoms with E-state index in [4.69, 9.17) is 0 Å². The van der Waals surface area contributed by atoms with Crippen LogP contribution in [-0.2, 0) is 11.2 Å². The summed E-state index contributed by atoms with van der Waals surface area (Å²) in [7, 11) is 0. The van der Waals surface area contributed by atoms with Gasteiger partial charge in [-0.05, 0) is 31.0 Å². The molecule has 0 aliphatic rings. The maximum atomic E-state index is 13.6. The third-order valence-corrected chi connectivity index (χ3v) is 4.09. The Bertz CT molecular complexity index is 706. The zero-order valence-electron chi connectivity index (χ0n) is 14.6. The summed E-state index contributed by atoms with van der Waals surface area (Å²) in [6.07, 6.45) is 0.161. The lowest BCUT2D eigenvalue weighted by atomic mass is 10.1. The summed E-state index contributed by atoms with van der Waals surface area (Å²) in [6.45, 7) is 4.08. The van der Waals surface area contributed by atoms with Crippen LogP contribution in [0.2, 0.25) is 0 Å². The normalized spacial score (nSPS) is 13.3. The summed E-state index contributed by atoms with van der Waals surface area (Å²) in [4.78, 5) is 12.2. The molecule has 25 heavy (non-hydrogen) atoms. The van der Waals surface area contributed by atoms with Crippen LogP contribution in [0, 0.1) is 5.82 Å². The van der Waals surface area contributed by atoms with Gasteiger partial charge in [0.2, 0.25) is 5.91 Å². The summed E-state index contributed by atoms with van der Waals surface area (Å²) < 4.78 is 13.6. The van der Waals surface area contributed by atoms with E-state index in [0.29, 0.717) is 0 Å². The van der Waals surface area contributed by atoms with Gasteiger partial charge in [-0.3, -0.25) is 4.79 Å². The first-order chi connectivity index (χ1) is 12.0. The zero-order valence-corrected chi connectivity index (χ0v) is 14.6. The predicted octanol–water partition coefficient (Wildman–Crippen LogP) is 3.43. The molecule has 2 aromatic rings. The van der Waals surface area contributed by atoms with Crippen molar-refractivity contribution in [3.63, 3.8) is 0 Å². The van der Waals surface area contributed by atoms with Crippen LogP contribution in [0.25, 0.3) is 0 Å². The van der Waals surface area contributed by atoms with Gasteiger partial charge in [0.1, 0.15) is 5.82 Å². The standard InChI is InChI=1S/C20H25FN2O2/c1-3-15-8-4-7-11-18(15)23-20(25)12-14(2)22-13-19(24)16-9-5-6-10-17(16)21/h4-11,14,19,22,24H,3,12-13H2,1-2H3,(H,23,25)/t14-,19+/m1/s1. The molecule has 0 aliphatic heterocycles. The number of aliphatic hydroxyl groups is 1. The van der Waals surface area contributed by atoms with Crippen molar-refractivity contribution in [2.45, 2.75) is 38.8 Å². The van der Waals surface area contributed by atoms with Crippen molar-refractivity contribution in [3.05, 3.63) is 65.5 Å². The highest BCUT2D eigenvalue weighted by Gasteiger charge is 2.15. The van der Waals surface area contributed by atoms with Gasteiger partial charge in [-0.25, -0.2) is 4.39 Å². The number of anilines is 1. The highest BCUT2D eigenvalue weighted by Crippen LogP contribution is 2.17. The molecule has 3 N–H and O–H groups in total. The first-order valence-corrected chi connectivity index (χ1v) is 8.54. The second-order valence-corrected chi connectivity index (χ2v) is 6.11. The smallest absolute Gasteiger partial charge is 0.225 e. The molecule has 0 radical (unpaired) electrons. The maximum Gasteiger partial charge on any atom is 0.225 e. The lowest BCUT2D eigenvalue weighted by molar-refractivity contribution is -0.116. The van der Waals surface area contributed by atoms with E-state index in [-0.39, 0.29) is 30.5 Å². The van der Waals surface area contributed by atoms with E-state index >= 15 is 0 Å². The molecule has 5 heteroatoms. The van der Waals surface area contributed by atoms with Gasteiger partial charge in [-0.2, -0.15) is 0 Å². The van der Waals surface area contributed by atoms with Gasteiger partial charge in [0, 0.05) is 30.3 Å². The molecule has 0 aliphatic carbocycles. The predicted molar refractivity (Wildman–Crippen MR) is 97.9 cm³/mol. The maximum absolute atomic E-state index is 13.6. The van der Waals surface area contributed by atoms with Crippen molar-refractivity contribution < 1.29 is 14.3 Å².